The van der Waals surface area contributed by atoms with Crippen LogP contribution in [0.25, 0.3) is 0 Å². The Morgan fingerprint density at radius 1 is 1.25 bits per heavy atom. The first-order chi connectivity index (χ1) is 7.43. The number of alkyl halides is 4. The molecule has 1 radical (unpaired) electrons. The zero-order valence-corrected chi connectivity index (χ0v) is 9.23. The summed E-state index contributed by atoms with van der Waals surface area (Å²) in [5.41, 5.74) is 0. The van der Waals surface area contributed by atoms with Gasteiger partial charge in [0.2, 0.25) is 0 Å². The van der Waals surface area contributed by atoms with Crippen molar-refractivity contribution in [3.05, 3.63) is 0 Å². The number of hydrogen-bond acceptors (Lipinski definition) is 1. The molecule has 0 unspecified atom stereocenters. The Balaban J connectivity index is 3.84. The van der Waals surface area contributed by atoms with E-state index in [-0.39, 0.29) is 12.8 Å². The van der Waals surface area contributed by atoms with Gasteiger partial charge in [0.15, 0.2) is 6.17 Å². The normalized spacial score (nSPS) is 16.1. The van der Waals surface area contributed by atoms with Crippen LogP contribution in [0, 0.1) is 0 Å². The first-order valence-electron chi connectivity index (χ1n) is 5.31. The van der Waals surface area contributed by atoms with Crippen LogP contribution in [0.1, 0.15) is 32.6 Å². The van der Waals surface area contributed by atoms with Crippen molar-refractivity contribution in [1.29, 1.82) is 0 Å². The molecule has 0 aromatic carbocycles. The van der Waals surface area contributed by atoms with Crippen molar-refractivity contribution < 1.29 is 27.4 Å². The Morgan fingerprint density at radius 2 is 1.88 bits per heavy atom. The minimum atomic E-state index is -3.54. The summed E-state index contributed by atoms with van der Waals surface area (Å²) >= 11 is 0. The second-order valence-electron chi connectivity index (χ2n) is 3.58. The monoisotopic (exact) mass is 245 g/mol. The molecule has 0 heterocycles. The lowest BCUT2D eigenvalue weighted by Gasteiger charge is -2.19. The summed E-state index contributed by atoms with van der Waals surface area (Å²) in [7, 11) is 0. The molecular weight excluding hydrogens is 228 g/mol. The van der Waals surface area contributed by atoms with Crippen LogP contribution in [0.5, 0.6) is 0 Å². The van der Waals surface area contributed by atoms with Crippen molar-refractivity contribution in [2.24, 2.45) is 0 Å². The lowest BCUT2D eigenvalue weighted by Crippen LogP contribution is -2.30. The number of rotatable bonds is 9. The smallest absolute Gasteiger partial charge is 0.317 e. The van der Waals surface area contributed by atoms with E-state index >= 15 is 0 Å². The van der Waals surface area contributed by atoms with E-state index < -0.39 is 38.1 Å². The predicted molar refractivity (Wildman–Crippen MR) is 50.4 cm³/mol. The third-order valence-electron chi connectivity index (χ3n) is 2.02. The Kier molecular flexibility index (Phi) is 7.66. The van der Waals surface area contributed by atoms with Crippen LogP contribution in [0.15, 0.2) is 0 Å². The van der Waals surface area contributed by atoms with Gasteiger partial charge in [-0.25, -0.2) is 13.9 Å². The molecule has 0 saturated heterocycles. The summed E-state index contributed by atoms with van der Waals surface area (Å²) in [6, 6.07) is 0. The van der Waals surface area contributed by atoms with Gasteiger partial charge in [-0.2, -0.15) is 8.78 Å². The Hall–Kier alpha value is -0.360. The molecule has 0 fully saturated rings. The molecule has 0 spiro atoms. The summed E-state index contributed by atoms with van der Waals surface area (Å²) in [5, 5.41) is 9.99. The van der Waals surface area contributed by atoms with E-state index in [4.69, 9.17) is 0 Å². The van der Waals surface area contributed by atoms with Gasteiger partial charge in [0, 0.05) is 6.42 Å². The highest BCUT2D eigenvalue weighted by Gasteiger charge is 2.32. The fraction of sp³-hybridized carbons (Fsp3) is 1.00. The summed E-state index contributed by atoms with van der Waals surface area (Å²) in [4.78, 5) is 0. The van der Waals surface area contributed by atoms with Crippen molar-refractivity contribution in [2.75, 3.05) is 13.2 Å². The second kappa shape index (κ2) is 7.84. The van der Waals surface area contributed by atoms with Crippen LogP contribution in [-0.2, 0) is 9.84 Å². The molecule has 0 N–H and O–H groups in total. The van der Waals surface area contributed by atoms with E-state index in [1.165, 1.54) is 0 Å². The molecule has 6 heteroatoms. The zero-order chi connectivity index (χ0) is 12.6. The third-order valence-corrected chi connectivity index (χ3v) is 2.02. The van der Waals surface area contributed by atoms with Crippen LogP contribution < -0.4 is 0 Å². The van der Waals surface area contributed by atoms with Crippen molar-refractivity contribution in [2.45, 2.75) is 51.1 Å². The number of ether oxygens (including phenoxy) is 1. The molecule has 16 heavy (non-hydrogen) atoms. The van der Waals surface area contributed by atoms with Crippen molar-refractivity contribution in [3.8, 4) is 0 Å². The molecule has 0 rings (SSSR count). The first-order valence-corrected chi connectivity index (χ1v) is 5.31. The van der Waals surface area contributed by atoms with Crippen LogP contribution in [0.2, 0.25) is 0 Å². The lowest BCUT2D eigenvalue weighted by molar-refractivity contribution is -0.252. The highest BCUT2D eigenvalue weighted by atomic mass is 19.3. The minimum absolute atomic E-state index is 0.0172. The van der Waals surface area contributed by atoms with E-state index in [0.717, 1.165) is 0 Å². The zero-order valence-electron chi connectivity index (χ0n) is 9.23. The molecule has 2 atom stereocenters. The van der Waals surface area contributed by atoms with Crippen molar-refractivity contribution in [1.82, 2.24) is 0 Å². The number of halogens is 4. The topological polar surface area (TPSA) is 29.1 Å². The predicted octanol–water partition coefficient (Wildman–Crippen LogP) is 3.28. The summed E-state index contributed by atoms with van der Waals surface area (Å²) in [6.07, 6.45) is -7.95. The van der Waals surface area contributed by atoms with Crippen LogP contribution in [-0.4, -0.2) is 31.7 Å². The van der Waals surface area contributed by atoms with E-state index in [1.807, 2.05) is 0 Å². The highest BCUT2D eigenvalue weighted by molar-refractivity contribution is 4.68. The molecule has 0 aliphatic carbocycles. The fourth-order valence-electron chi connectivity index (χ4n) is 1.11. The number of hydrogen-bond donors (Lipinski definition) is 0. The van der Waals surface area contributed by atoms with Crippen LogP contribution in [0.3, 0.4) is 0 Å². The van der Waals surface area contributed by atoms with E-state index in [9.17, 15) is 22.7 Å². The third kappa shape index (κ3) is 7.00. The highest BCUT2D eigenvalue weighted by Crippen LogP contribution is 2.23. The van der Waals surface area contributed by atoms with Gasteiger partial charge in [-0.1, -0.05) is 13.3 Å². The SMILES string of the molecule is CCC[C@H](F)[C@@H](F)COC(F)(F)CCC[O]. The standard InChI is InChI=1S/C10H17F4O2/c1-2-4-8(11)9(12)7-16-10(13,14)5-3-6-15/h8-9H,2-7H2,1H3/t8-,9-/m0/s1. The van der Waals surface area contributed by atoms with Gasteiger partial charge in [-0.3, -0.25) is 0 Å². The Morgan fingerprint density at radius 3 is 2.38 bits per heavy atom. The van der Waals surface area contributed by atoms with Gasteiger partial charge < -0.3 is 4.74 Å². The molecule has 2 nitrogen and oxygen atoms in total. The molecule has 0 aliphatic rings. The quantitative estimate of drug-likeness (QED) is 0.573. The van der Waals surface area contributed by atoms with Crippen LogP contribution in [0.4, 0.5) is 17.6 Å². The molecule has 0 aliphatic heterocycles. The van der Waals surface area contributed by atoms with E-state index in [2.05, 4.69) is 4.74 Å². The Labute approximate surface area is 92.6 Å². The largest absolute Gasteiger partial charge is 0.355 e. The van der Waals surface area contributed by atoms with E-state index in [0.29, 0.717) is 6.42 Å². The molecule has 0 saturated carbocycles. The minimum Gasteiger partial charge on any atom is -0.317 e. The Bertz CT molecular complexity index is 178. The maximum Gasteiger partial charge on any atom is 0.355 e. The van der Waals surface area contributed by atoms with Crippen molar-refractivity contribution in [3.63, 3.8) is 0 Å². The van der Waals surface area contributed by atoms with Gasteiger partial charge in [-0.05, 0) is 12.8 Å². The summed E-state index contributed by atoms with van der Waals surface area (Å²) < 4.78 is 55.3. The maximum absolute atomic E-state index is 12.9. The van der Waals surface area contributed by atoms with Gasteiger partial charge in [-0.15, -0.1) is 0 Å². The molecule has 0 bridgehead atoms. The van der Waals surface area contributed by atoms with Crippen molar-refractivity contribution >= 4 is 0 Å². The summed E-state index contributed by atoms with van der Waals surface area (Å²) in [5.74, 6) is 0. The van der Waals surface area contributed by atoms with Gasteiger partial charge in [0.25, 0.3) is 0 Å². The molecule has 0 aromatic heterocycles. The second-order valence-corrected chi connectivity index (χ2v) is 3.58. The first kappa shape index (κ1) is 15.6. The molecule has 0 aromatic rings. The maximum atomic E-state index is 12.9. The molecular formula is C10H17F4O2. The average molecular weight is 245 g/mol. The van der Waals surface area contributed by atoms with Gasteiger partial charge >= 0.3 is 6.11 Å². The molecule has 97 valence electrons. The van der Waals surface area contributed by atoms with Gasteiger partial charge in [0.05, 0.1) is 13.2 Å². The van der Waals surface area contributed by atoms with Gasteiger partial charge in [0.1, 0.15) is 6.17 Å². The summed E-state index contributed by atoms with van der Waals surface area (Å²) in [6.45, 7) is 0.0512. The fourth-order valence-corrected chi connectivity index (χ4v) is 1.11. The molecule has 0 amide bonds. The average Bonchev–Trinajstić information content (AvgIpc) is 2.23. The lowest BCUT2D eigenvalue weighted by atomic mass is 10.1. The van der Waals surface area contributed by atoms with Crippen LogP contribution >= 0.6 is 0 Å². The van der Waals surface area contributed by atoms with E-state index in [1.54, 1.807) is 6.92 Å².